The van der Waals surface area contributed by atoms with Gasteiger partial charge in [-0.25, -0.2) is 0 Å². The SMILES string of the molecule is [2H]c1c([2H])c([2H])c2c(-c3ccccc3-c3cc4ccc5ccccc5c4c4ccccc34)c3c([2H])c([2H])c([2H])c([2H])c3c(-c3ccccc3)c2c1[2H]. The Labute approximate surface area is 267 Å². The van der Waals surface area contributed by atoms with Gasteiger partial charge in [-0.05, 0) is 93.3 Å². The molecule has 0 nitrogen and oxygen atoms in total. The average Bonchev–Trinajstić information content (AvgIpc) is 3.19. The number of benzene rings is 9. The summed E-state index contributed by atoms with van der Waals surface area (Å²) in [7, 11) is 0. The molecular formula is C44H28. The van der Waals surface area contributed by atoms with Gasteiger partial charge in [0.15, 0.2) is 0 Å². The minimum Gasteiger partial charge on any atom is -0.0622 e. The van der Waals surface area contributed by atoms with E-state index in [0.717, 1.165) is 43.4 Å². The van der Waals surface area contributed by atoms with Crippen LogP contribution in [0.3, 0.4) is 0 Å². The molecule has 0 heterocycles. The van der Waals surface area contributed by atoms with Crippen LogP contribution < -0.4 is 0 Å². The first-order valence-corrected chi connectivity index (χ1v) is 14.6. The van der Waals surface area contributed by atoms with Crippen molar-refractivity contribution in [3.8, 4) is 33.4 Å². The van der Waals surface area contributed by atoms with Crippen LogP contribution >= 0.6 is 0 Å². The Morgan fingerprint density at radius 1 is 0.341 bits per heavy atom. The summed E-state index contributed by atoms with van der Waals surface area (Å²) in [5.41, 5.74) is 3.51. The minimum atomic E-state index is -0.418. The Morgan fingerprint density at radius 2 is 0.864 bits per heavy atom. The molecule has 0 aliphatic rings. The van der Waals surface area contributed by atoms with Crippen molar-refractivity contribution in [2.75, 3.05) is 0 Å². The van der Waals surface area contributed by atoms with Gasteiger partial charge in [-0.3, -0.25) is 0 Å². The summed E-state index contributed by atoms with van der Waals surface area (Å²) in [5.74, 6) is 0. The standard InChI is InChI=1S/C44H28/c1-2-15-30(16-3-1)42-37-22-10-12-24-39(37)44(40-25-13-11-23-38(40)42)36-21-9-7-19-34(36)41-28-31-27-26-29-14-4-5-17-32(29)43(31)35-20-8-6-18-33(35)41/h1-28H/i10D,11D,12D,13D,22D,23D,24D,25D. The topological polar surface area (TPSA) is 0 Å². The zero-order chi connectivity index (χ0) is 36.0. The van der Waals surface area contributed by atoms with Crippen LogP contribution in [0, 0.1) is 0 Å². The molecule has 0 radical (unpaired) electrons. The Hall–Kier alpha value is -5.72. The lowest BCUT2D eigenvalue weighted by Crippen LogP contribution is -1.93. The molecule has 44 heavy (non-hydrogen) atoms. The fourth-order valence-electron chi connectivity index (χ4n) is 6.83. The van der Waals surface area contributed by atoms with Crippen molar-refractivity contribution in [2.45, 2.75) is 0 Å². The third-order valence-electron chi connectivity index (χ3n) is 8.67. The zero-order valence-corrected chi connectivity index (χ0v) is 23.5. The summed E-state index contributed by atoms with van der Waals surface area (Å²) in [6.07, 6.45) is 0. The van der Waals surface area contributed by atoms with Crippen molar-refractivity contribution in [1.29, 1.82) is 0 Å². The van der Waals surface area contributed by atoms with Gasteiger partial charge in [0, 0.05) is 0 Å². The number of rotatable bonds is 3. The van der Waals surface area contributed by atoms with Crippen LogP contribution in [-0.2, 0) is 0 Å². The zero-order valence-electron chi connectivity index (χ0n) is 31.5. The third-order valence-corrected chi connectivity index (χ3v) is 8.67. The maximum atomic E-state index is 9.38. The Kier molecular flexibility index (Phi) is 4.08. The summed E-state index contributed by atoms with van der Waals surface area (Å²) >= 11 is 0. The van der Waals surface area contributed by atoms with Gasteiger partial charge >= 0.3 is 0 Å². The lowest BCUT2D eigenvalue weighted by Gasteiger charge is -2.20. The van der Waals surface area contributed by atoms with E-state index in [0.29, 0.717) is 22.3 Å². The van der Waals surface area contributed by atoms with Gasteiger partial charge in [-0.2, -0.15) is 0 Å². The number of hydrogen-bond donors (Lipinski definition) is 0. The lowest BCUT2D eigenvalue weighted by atomic mass is 9.82. The third kappa shape index (κ3) is 3.71. The van der Waals surface area contributed by atoms with Gasteiger partial charge < -0.3 is 0 Å². The molecule has 9 rings (SSSR count). The molecule has 0 atom stereocenters. The molecule has 0 saturated carbocycles. The van der Waals surface area contributed by atoms with E-state index in [2.05, 4.69) is 42.5 Å². The van der Waals surface area contributed by atoms with E-state index >= 15 is 0 Å². The van der Waals surface area contributed by atoms with E-state index in [9.17, 15) is 5.48 Å². The molecule has 0 aliphatic heterocycles. The first-order valence-electron chi connectivity index (χ1n) is 18.6. The molecule has 0 fully saturated rings. The van der Waals surface area contributed by atoms with Crippen molar-refractivity contribution in [2.24, 2.45) is 0 Å². The second kappa shape index (κ2) is 9.93. The molecule has 0 spiro atoms. The molecule has 0 bridgehead atoms. The molecule has 0 aromatic heterocycles. The smallest absolute Gasteiger partial charge is 0.0622 e. The summed E-state index contributed by atoms with van der Waals surface area (Å²) < 4.78 is 72.4. The Balaban J connectivity index is 1.53. The van der Waals surface area contributed by atoms with Crippen LogP contribution in [0.15, 0.2) is 170 Å². The molecule has 0 unspecified atom stereocenters. The minimum absolute atomic E-state index is 0.200. The molecule has 0 amide bonds. The van der Waals surface area contributed by atoms with E-state index in [1.165, 1.54) is 0 Å². The van der Waals surface area contributed by atoms with Crippen LogP contribution in [-0.4, -0.2) is 0 Å². The van der Waals surface area contributed by atoms with Crippen LogP contribution in [0.2, 0.25) is 0 Å². The van der Waals surface area contributed by atoms with Crippen molar-refractivity contribution in [1.82, 2.24) is 0 Å². The Bertz CT molecular complexity index is 2910. The highest BCUT2D eigenvalue weighted by Gasteiger charge is 2.20. The summed E-state index contributed by atoms with van der Waals surface area (Å²) in [6.45, 7) is 0. The normalized spacial score (nSPS) is 14.2. The molecule has 0 saturated heterocycles. The molecule has 204 valence electrons. The fraction of sp³-hybridized carbons (Fsp3) is 0. The summed E-state index contributed by atoms with van der Waals surface area (Å²) in [5, 5.41) is 7.27. The Morgan fingerprint density at radius 3 is 1.57 bits per heavy atom. The molecule has 9 aromatic carbocycles. The van der Waals surface area contributed by atoms with E-state index in [1.54, 1.807) is 12.1 Å². The van der Waals surface area contributed by atoms with Gasteiger partial charge in [-0.15, -0.1) is 0 Å². The predicted octanol–water partition coefficient (Wildman–Crippen LogP) is 12.5. The maximum absolute atomic E-state index is 9.38. The number of fused-ring (bicyclic) bond motifs is 7. The van der Waals surface area contributed by atoms with E-state index in [1.807, 2.05) is 66.7 Å². The van der Waals surface area contributed by atoms with Gasteiger partial charge in [0.1, 0.15) is 0 Å². The first-order chi connectivity index (χ1) is 25.2. The van der Waals surface area contributed by atoms with Crippen molar-refractivity contribution in [3.63, 3.8) is 0 Å². The quantitative estimate of drug-likeness (QED) is 0.148. The molecule has 0 aliphatic carbocycles. The van der Waals surface area contributed by atoms with Crippen LogP contribution in [0.25, 0.3) is 87.2 Å². The van der Waals surface area contributed by atoms with Gasteiger partial charge in [0.25, 0.3) is 0 Å². The van der Waals surface area contributed by atoms with Gasteiger partial charge in [0.2, 0.25) is 0 Å². The predicted molar refractivity (Wildman–Crippen MR) is 190 cm³/mol. The van der Waals surface area contributed by atoms with Crippen molar-refractivity contribution >= 4 is 53.9 Å². The lowest BCUT2D eigenvalue weighted by molar-refractivity contribution is 1.63. The number of hydrogen-bond acceptors (Lipinski definition) is 0. The van der Waals surface area contributed by atoms with E-state index in [4.69, 9.17) is 5.48 Å². The highest BCUT2D eigenvalue weighted by atomic mass is 14.2. The van der Waals surface area contributed by atoms with Crippen LogP contribution in [0.1, 0.15) is 11.0 Å². The first kappa shape index (κ1) is 18.1. The summed E-state index contributed by atoms with van der Waals surface area (Å²) in [6, 6.07) is 36.8. The monoisotopic (exact) mass is 564 g/mol. The highest BCUT2D eigenvalue weighted by molar-refractivity contribution is 6.26. The van der Waals surface area contributed by atoms with Crippen molar-refractivity contribution in [3.05, 3.63) is 170 Å². The molecule has 0 N–H and O–H groups in total. The summed E-state index contributed by atoms with van der Waals surface area (Å²) in [4.78, 5) is 0. The average molecular weight is 565 g/mol. The van der Waals surface area contributed by atoms with Gasteiger partial charge in [-0.1, -0.05) is 164 Å². The van der Waals surface area contributed by atoms with Crippen molar-refractivity contribution < 1.29 is 11.0 Å². The second-order valence-electron chi connectivity index (χ2n) is 11.0. The molecular weight excluding hydrogens is 528 g/mol. The fourth-order valence-corrected chi connectivity index (χ4v) is 6.83. The van der Waals surface area contributed by atoms with E-state index in [-0.39, 0.29) is 45.7 Å². The maximum Gasteiger partial charge on any atom is 0.0629 e. The molecule has 0 heteroatoms. The van der Waals surface area contributed by atoms with E-state index < -0.39 is 24.2 Å². The highest BCUT2D eigenvalue weighted by Crippen LogP contribution is 2.47. The van der Waals surface area contributed by atoms with Crippen LogP contribution in [0.5, 0.6) is 0 Å². The van der Waals surface area contributed by atoms with Crippen LogP contribution in [0.4, 0.5) is 0 Å². The van der Waals surface area contributed by atoms with Gasteiger partial charge in [0.05, 0.1) is 11.0 Å². The second-order valence-corrected chi connectivity index (χ2v) is 11.0. The molecule has 9 aromatic rings. The largest absolute Gasteiger partial charge is 0.0629 e.